The number of aryl methyl sites for hydroxylation is 1. The van der Waals surface area contributed by atoms with Gasteiger partial charge in [-0.1, -0.05) is 0 Å². The smallest absolute Gasteiger partial charge is 0.352 e. The first-order chi connectivity index (χ1) is 14.7. The maximum Gasteiger partial charge on any atom is 0.401 e. The van der Waals surface area contributed by atoms with E-state index in [-0.39, 0.29) is 24.9 Å². The zero-order chi connectivity index (χ0) is 22.4. The van der Waals surface area contributed by atoms with Gasteiger partial charge in [-0.3, -0.25) is 19.5 Å². The second-order valence-electron chi connectivity index (χ2n) is 7.57. The molecule has 31 heavy (non-hydrogen) atoms. The molecule has 2 N–H and O–H groups in total. The average Bonchev–Trinajstić information content (AvgIpc) is 3.08. The summed E-state index contributed by atoms with van der Waals surface area (Å²) in [6.07, 6.45) is 2.83. The van der Waals surface area contributed by atoms with Crippen molar-refractivity contribution in [1.29, 1.82) is 0 Å². The highest BCUT2D eigenvalue weighted by Crippen LogP contribution is 2.38. The Morgan fingerprint density at radius 2 is 2.00 bits per heavy atom. The quantitative estimate of drug-likeness (QED) is 0.594. The first kappa shape index (κ1) is 23.2. The predicted molar refractivity (Wildman–Crippen MR) is 114 cm³/mol. The van der Waals surface area contributed by atoms with Gasteiger partial charge in [0.25, 0.3) is 11.8 Å². The summed E-state index contributed by atoms with van der Waals surface area (Å²) in [5.74, 6) is -0.645. The third kappa shape index (κ3) is 6.51. The number of rotatable bonds is 8. The van der Waals surface area contributed by atoms with Crippen molar-refractivity contribution in [2.45, 2.75) is 38.3 Å². The Hall–Kier alpha value is -2.46. The van der Waals surface area contributed by atoms with Crippen molar-refractivity contribution in [3.8, 4) is 0 Å². The van der Waals surface area contributed by atoms with Crippen molar-refractivity contribution in [2.75, 3.05) is 32.0 Å². The van der Waals surface area contributed by atoms with Crippen LogP contribution >= 0.6 is 11.3 Å². The molecule has 10 heteroatoms. The highest BCUT2D eigenvalue weighted by Gasteiger charge is 2.29. The molecule has 0 unspecified atom stereocenters. The average molecular weight is 455 g/mol. The van der Waals surface area contributed by atoms with Gasteiger partial charge in [-0.05, 0) is 63.4 Å². The maximum absolute atomic E-state index is 12.9. The molecule has 2 heterocycles. The molecule has 0 atom stereocenters. The monoisotopic (exact) mass is 454 g/mol. The number of thiophene rings is 1. The number of carbonyl (C=O) groups excluding carboxylic acids is 2. The molecule has 0 saturated heterocycles. The van der Waals surface area contributed by atoms with Gasteiger partial charge in [-0.25, -0.2) is 0 Å². The zero-order valence-corrected chi connectivity index (χ0v) is 18.0. The van der Waals surface area contributed by atoms with Crippen LogP contribution in [0.4, 0.5) is 18.2 Å². The summed E-state index contributed by atoms with van der Waals surface area (Å²) >= 11 is 1.42. The highest BCUT2D eigenvalue weighted by atomic mass is 32.1. The first-order valence-electron chi connectivity index (χ1n) is 10.1. The van der Waals surface area contributed by atoms with E-state index in [1.165, 1.54) is 29.5 Å². The Morgan fingerprint density at radius 1 is 1.23 bits per heavy atom. The molecule has 0 bridgehead atoms. The first-order valence-corrected chi connectivity index (χ1v) is 11.0. The van der Waals surface area contributed by atoms with E-state index in [2.05, 4.69) is 15.6 Å². The molecule has 1 aliphatic carbocycles. The van der Waals surface area contributed by atoms with Gasteiger partial charge in [0, 0.05) is 23.8 Å². The van der Waals surface area contributed by atoms with Gasteiger partial charge in [0.15, 0.2) is 0 Å². The summed E-state index contributed by atoms with van der Waals surface area (Å²) in [7, 11) is 1.40. The van der Waals surface area contributed by atoms with Gasteiger partial charge in [0.1, 0.15) is 5.00 Å². The minimum absolute atomic E-state index is 0.214. The van der Waals surface area contributed by atoms with Crippen molar-refractivity contribution in [3.63, 3.8) is 0 Å². The number of anilines is 1. The second-order valence-corrected chi connectivity index (χ2v) is 8.68. The van der Waals surface area contributed by atoms with Crippen molar-refractivity contribution in [2.24, 2.45) is 0 Å². The standard InChI is InChI=1S/C21H25F3N4O2S/c1-28(13-21(22,23)24)11-5-10-26-19(30)17-15-7-2-3-8-16(15)31-20(17)27-18(29)14-6-4-9-25-12-14/h4,6,9,12H,2-3,5,7-8,10-11,13H2,1H3,(H,26,30)(H,27,29). The predicted octanol–water partition coefficient (Wildman–Crippen LogP) is 3.89. The molecule has 0 aromatic carbocycles. The van der Waals surface area contributed by atoms with Crippen molar-refractivity contribution in [1.82, 2.24) is 15.2 Å². The van der Waals surface area contributed by atoms with Gasteiger partial charge in [-0.15, -0.1) is 11.3 Å². The number of hydrogen-bond acceptors (Lipinski definition) is 5. The molecular formula is C21H25F3N4O2S. The Balaban J connectivity index is 1.65. The molecular weight excluding hydrogens is 429 g/mol. The van der Waals surface area contributed by atoms with Gasteiger partial charge in [-0.2, -0.15) is 13.2 Å². The summed E-state index contributed by atoms with van der Waals surface area (Å²) in [6, 6.07) is 3.31. The SMILES string of the molecule is CN(CCCNC(=O)c1c(NC(=O)c2cccnc2)sc2c1CCCC2)CC(F)(F)F. The summed E-state index contributed by atoms with van der Waals surface area (Å²) in [5, 5.41) is 6.15. The van der Waals surface area contributed by atoms with Crippen LogP contribution in [0.3, 0.4) is 0 Å². The van der Waals surface area contributed by atoms with E-state index in [1.807, 2.05) is 0 Å². The molecule has 2 aromatic rings. The number of halogens is 3. The van der Waals surface area contributed by atoms with Crippen LogP contribution in [-0.4, -0.2) is 54.6 Å². The van der Waals surface area contributed by atoms with E-state index in [1.54, 1.807) is 18.3 Å². The largest absolute Gasteiger partial charge is 0.401 e. The van der Waals surface area contributed by atoms with E-state index < -0.39 is 12.7 Å². The summed E-state index contributed by atoms with van der Waals surface area (Å²) in [6.45, 7) is -0.517. The van der Waals surface area contributed by atoms with Crippen LogP contribution in [-0.2, 0) is 12.8 Å². The number of alkyl halides is 3. The Labute approximate surface area is 182 Å². The Kier molecular flexibility index (Phi) is 7.66. The molecule has 2 amide bonds. The van der Waals surface area contributed by atoms with Crippen molar-refractivity contribution >= 4 is 28.2 Å². The fourth-order valence-electron chi connectivity index (χ4n) is 3.59. The fraction of sp³-hybridized carbons (Fsp3) is 0.476. The van der Waals surface area contributed by atoms with Crippen LogP contribution < -0.4 is 10.6 Å². The third-order valence-corrected chi connectivity index (χ3v) is 6.21. The summed E-state index contributed by atoms with van der Waals surface area (Å²) in [5.41, 5.74) is 1.83. The summed E-state index contributed by atoms with van der Waals surface area (Å²) in [4.78, 5) is 31.7. The second kappa shape index (κ2) is 10.2. The molecule has 0 saturated carbocycles. The van der Waals surface area contributed by atoms with Crippen LogP contribution in [0.15, 0.2) is 24.5 Å². The van der Waals surface area contributed by atoms with Crippen LogP contribution in [0.25, 0.3) is 0 Å². The van der Waals surface area contributed by atoms with Crippen molar-refractivity contribution < 1.29 is 22.8 Å². The van der Waals surface area contributed by atoms with E-state index in [9.17, 15) is 22.8 Å². The molecule has 2 aromatic heterocycles. The van der Waals surface area contributed by atoms with Gasteiger partial charge >= 0.3 is 6.18 Å². The lowest BCUT2D eigenvalue weighted by molar-refractivity contribution is -0.143. The van der Waals surface area contributed by atoms with Crippen LogP contribution in [0.5, 0.6) is 0 Å². The molecule has 0 spiro atoms. The third-order valence-electron chi connectivity index (χ3n) is 5.00. The Bertz CT molecular complexity index is 915. The number of nitrogens with zero attached hydrogens (tertiary/aromatic N) is 2. The topological polar surface area (TPSA) is 74.3 Å². The number of pyridine rings is 1. The van der Waals surface area contributed by atoms with Gasteiger partial charge < -0.3 is 10.6 Å². The van der Waals surface area contributed by atoms with Gasteiger partial charge in [0.2, 0.25) is 0 Å². The number of hydrogen-bond donors (Lipinski definition) is 2. The van der Waals surface area contributed by atoms with Crippen LogP contribution in [0.1, 0.15) is 50.4 Å². The van der Waals surface area contributed by atoms with E-state index >= 15 is 0 Å². The number of aromatic nitrogens is 1. The highest BCUT2D eigenvalue weighted by molar-refractivity contribution is 7.17. The van der Waals surface area contributed by atoms with Gasteiger partial charge in [0.05, 0.1) is 17.7 Å². The number of nitrogens with one attached hydrogen (secondary N) is 2. The minimum Gasteiger partial charge on any atom is -0.352 e. The molecule has 6 nitrogen and oxygen atoms in total. The van der Waals surface area contributed by atoms with E-state index in [4.69, 9.17) is 0 Å². The molecule has 0 fully saturated rings. The molecule has 3 rings (SSSR count). The lowest BCUT2D eigenvalue weighted by Gasteiger charge is -2.18. The lowest BCUT2D eigenvalue weighted by atomic mass is 9.95. The number of amides is 2. The van der Waals surface area contributed by atoms with Crippen molar-refractivity contribution in [3.05, 3.63) is 46.1 Å². The number of carbonyl (C=O) groups is 2. The number of fused-ring (bicyclic) bond motifs is 1. The Morgan fingerprint density at radius 3 is 2.71 bits per heavy atom. The molecule has 168 valence electrons. The van der Waals surface area contributed by atoms with Crippen LogP contribution in [0, 0.1) is 0 Å². The minimum atomic E-state index is -4.24. The molecule has 0 radical (unpaired) electrons. The fourth-order valence-corrected chi connectivity index (χ4v) is 4.87. The van der Waals surface area contributed by atoms with E-state index in [0.717, 1.165) is 36.1 Å². The van der Waals surface area contributed by atoms with Crippen LogP contribution in [0.2, 0.25) is 0 Å². The zero-order valence-electron chi connectivity index (χ0n) is 17.2. The summed E-state index contributed by atoms with van der Waals surface area (Å²) < 4.78 is 37.2. The maximum atomic E-state index is 12.9. The molecule has 1 aliphatic rings. The van der Waals surface area contributed by atoms with E-state index in [0.29, 0.717) is 22.5 Å². The normalized spacial score (nSPS) is 13.7. The molecule has 0 aliphatic heterocycles. The lowest BCUT2D eigenvalue weighted by Crippen LogP contribution is -2.34.